The third-order valence-corrected chi connectivity index (χ3v) is 2.91. The van der Waals surface area contributed by atoms with Gasteiger partial charge in [-0.15, -0.1) is 0 Å². The molecule has 0 fully saturated rings. The summed E-state index contributed by atoms with van der Waals surface area (Å²) in [5.41, 5.74) is 7.19. The molecule has 100 valence electrons. The smallest absolute Gasteiger partial charge is 0.146 e. The number of benzene rings is 1. The molecule has 0 atom stereocenters. The zero-order valence-corrected chi connectivity index (χ0v) is 11.0. The summed E-state index contributed by atoms with van der Waals surface area (Å²) in [6.07, 6.45) is 2.52. The average molecular weight is 259 g/mol. The van der Waals surface area contributed by atoms with Crippen molar-refractivity contribution < 1.29 is 4.39 Å². The third-order valence-electron chi connectivity index (χ3n) is 2.91. The maximum atomic E-state index is 14.0. The van der Waals surface area contributed by atoms with E-state index in [-0.39, 0.29) is 5.82 Å². The summed E-state index contributed by atoms with van der Waals surface area (Å²) in [5.74, 6) is 0.501. The number of para-hydroxylation sites is 1. The number of aryl methyl sites for hydroxylation is 1. The van der Waals surface area contributed by atoms with Crippen LogP contribution in [0.5, 0.6) is 0 Å². The first kappa shape index (κ1) is 13.5. The number of nitrogens with zero attached hydrogens (tertiary/aromatic N) is 2. The highest BCUT2D eigenvalue weighted by molar-refractivity contribution is 5.60. The van der Waals surface area contributed by atoms with Crippen molar-refractivity contribution in [1.82, 2.24) is 4.98 Å². The van der Waals surface area contributed by atoms with Gasteiger partial charge in [0.15, 0.2) is 0 Å². The number of anilines is 2. The second-order valence-corrected chi connectivity index (χ2v) is 4.44. The van der Waals surface area contributed by atoms with Gasteiger partial charge in [-0.2, -0.15) is 0 Å². The molecule has 2 rings (SSSR count). The largest absolute Gasteiger partial charge is 0.330 e. The summed E-state index contributed by atoms with van der Waals surface area (Å²) in [6, 6.07) is 10.6. The number of pyridine rings is 1. The van der Waals surface area contributed by atoms with Crippen LogP contribution in [0.2, 0.25) is 0 Å². The molecule has 0 unspecified atom stereocenters. The standard InChI is InChI=1S/C15H18FN3/c1-12-7-9-18-15(11-12)19(10-4-8-17)14-6-3-2-5-13(14)16/h2-3,5-7,9,11H,4,8,10,17H2,1H3. The zero-order valence-electron chi connectivity index (χ0n) is 11.0. The Labute approximate surface area is 112 Å². The number of nitrogens with two attached hydrogens (primary N) is 1. The van der Waals surface area contributed by atoms with Crippen molar-refractivity contribution in [3.8, 4) is 0 Å². The van der Waals surface area contributed by atoms with Gasteiger partial charge < -0.3 is 10.6 Å². The summed E-state index contributed by atoms with van der Waals surface area (Å²) in [6.45, 7) is 3.21. The quantitative estimate of drug-likeness (QED) is 0.897. The Kier molecular flexibility index (Phi) is 4.47. The lowest BCUT2D eigenvalue weighted by Gasteiger charge is -2.24. The van der Waals surface area contributed by atoms with E-state index in [1.165, 1.54) is 6.07 Å². The minimum atomic E-state index is -0.247. The molecule has 0 radical (unpaired) electrons. The lowest BCUT2D eigenvalue weighted by molar-refractivity contribution is 0.622. The van der Waals surface area contributed by atoms with Crippen LogP contribution >= 0.6 is 0 Å². The molecule has 2 aromatic rings. The van der Waals surface area contributed by atoms with Gasteiger partial charge in [0, 0.05) is 12.7 Å². The number of aromatic nitrogens is 1. The van der Waals surface area contributed by atoms with Crippen molar-refractivity contribution in [2.75, 3.05) is 18.0 Å². The average Bonchev–Trinajstić information content (AvgIpc) is 2.41. The summed E-state index contributed by atoms with van der Waals surface area (Å²) >= 11 is 0. The molecule has 0 aliphatic carbocycles. The molecule has 2 N–H and O–H groups in total. The molecular weight excluding hydrogens is 241 g/mol. The Morgan fingerprint density at radius 1 is 1.26 bits per heavy atom. The highest BCUT2D eigenvalue weighted by Crippen LogP contribution is 2.26. The van der Waals surface area contributed by atoms with Gasteiger partial charge >= 0.3 is 0 Å². The molecule has 0 aliphatic rings. The molecule has 1 heterocycles. The van der Waals surface area contributed by atoms with Gasteiger partial charge in [0.2, 0.25) is 0 Å². The van der Waals surface area contributed by atoms with Crippen LogP contribution in [0.4, 0.5) is 15.9 Å². The molecule has 0 spiro atoms. The summed E-state index contributed by atoms with van der Waals surface area (Å²) < 4.78 is 14.0. The van der Waals surface area contributed by atoms with Crippen LogP contribution in [-0.4, -0.2) is 18.1 Å². The van der Waals surface area contributed by atoms with Crippen molar-refractivity contribution in [2.45, 2.75) is 13.3 Å². The molecule has 19 heavy (non-hydrogen) atoms. The highest BCUT2D eigenvalue weighted by atomic mass is 19.1. The molecule has 4 heteroatoms. The molecule has 1 aromatic carbocycles. The van der Waals surface area contributed by atoms with Crippen LogP contribution in [0.1, 0.15) is 12.0 Å². The maximum absolute atomic E-state index is 14.0. The van der Waals surface area contributed by atoms with Gasteiger partial charge in [0.1, 0.15) is 11.6 Å². The van der Waals surface area contributed by atoms with Crippen LogP contribution < -0.4 is 10.6 Å². The van der Waals surface area contributed by atoms with Gasteiger partial charge in [-0.1, -0.05) is 12.1 Å². The van der Waals surface area contributed by atoms with E-state index in [1.807, 2.05) is 30.0 Å². The summed E-state index contributed by atoms with van der Waals surface area (Å²) in [5, 5.41) is 0. The number of halogens is 1. The Balaban J connectivity index is 2.38. The zero-order chi connectivity index (χ0) is 13.7. The molecule has 0 aliphatic heterocycles. The third kappa shape index (κ3) is 3.29. The number of hydrogen-bond donors (Lipinski definition) is 1. The normalized spacial score (nSPS) is 10.5. The molecule has 3 nitrogen and oxygen atoms in total. The molecule has 0 bridgehead atoms. The summed E-state index contributed by atoms with van der Waals surface area (Å²) in [4.78, 5) is 6.20. The van der Waals surface area contributed by atoms with E-state index in [2.05, 4.69) is 4.98 Å². The summed E-state index contributed by atoms with van der Waals surface area (Å²) in [7, 11) is 0. The molecular formula is C15H18FN3. The predicted molar refractivity (Wildman–Crippen MR) is 76.1 cm³/mol. The molecule has 0 saturated carbocycles. The van der Waals surface area contributed by atoms with E-state index in [0.29, 0.717) is 18.8 Å². The Hall–Kier alpha value is -1.94. The fraction of sp³-hybridized carbons (Fsp3) is 0.267. The second kappa shape index (κ2) is 6.29. The van der Waals surface area contributed by atoms with Crippen LogP contribution in [-0.2, 0) is 0 Å². The maximum Gasteiger partial charge on any atom is 0.146 e. The van der Waals surface area contributed by atoms with Crippen molar-refractivity contribution >= 4 is 11.5 Å². The Morgan fingerprint density at radius 3 is 2.74 bits per heavy atom. The fourth-order valence-corrected chi connectivity index (χ4v) is 1.95. The first-order valence-corrected chi connectivity index (χ1v) is 6.37. The molecule has 1 aromatic heterocycles. The second-order valence-electron chi connectivity index (χ2n) is 4.44. The van der Waals surface area contributed by atoms with E-state index in [9.17, 15) is 4.39 Å². The van der Waals surface area contributed by atoms with Crippen LogP contribution in [0, 0.1) is 12.7 Å². The lowest BCUT2D eigenvalue weighted by Crippen LogP contribution is -2.22. The van der Waals surface area contributed by atoms with Gasteiger partial charge in [0.25, 0.3) is 0 Å². The van der Waals surface area contributed by atoms with Crippen molar-refractivity contribution in [3.63, 3.8) is 0 Å². The molecule has 0 amide bonds. The van der Waals surface area contributed by atoms with Crippen LogP contribution in [0.3, 0.4) is 0 Å². The van der Waals surface area contributed by atoms with E-state index in [0.717, 1.165) is 17.8 Å². The number of hydrogen-bond acceptors (Lipinski definition) is 3. The van der Waals surface area contributed by atoms with Gasteiger partial charge in [-0.05, 0) is 49.7 Å². The van der Waals surface area contributed by atoms with Crippen molar-refractivity contribution in [1.29, 1.82) is 0 Å². The number of rotatable bonds is 5. The van der Waals surface area contributed by atoms with Gasteiger partial charge in [0.05, 0.1) is 5.69 Å². The lowest BCUT2D eigenvalue weighted by atomic mass is 10.2. The van der Waals surface area contributed by atoms with E-state index >= 15 is 0 Å². The van der Waals surface area contributed by atoms with E-state index in [1.54, 1.807) is 18.3 Å². The monoisotopic (exact) mass is 259 g/mol. The van der Waals surface area contributed by atoms with E-state index < -0.39 is 0 Å². The van der Waals surface area contributed by atoms with Crippen LogP contribution in [0.25, 0.3) is 0 Å². The fourth-order valence-electron chi connectivity index (χ4n) is 1.95. The predicted octanol–water partition coefficient (Wildman–Crippen LogP) is 3.02. The van der Waals surface area contributed by atoms with Crippen molar-refractivity contribution in [3.05, 3.63) is 54.0 Å². The topological polar surface area (TPSA) is 42.2 Å². The first-order chi connectivity index (χ1) is 9.22. The van der Waals surface area contributed by atoms with E-state index in [4.69, 9.17) is 5.73 Å². The minimum absolute atomic E-state index is 0.247. The SMILES string of the molecule is Cc1ccnc(N(CCCN)c2ccccc2F)c1. The Morgan fingerprint density at radius 2 is 2.05 bits per heavy atom. The molecule has 0 saturated heterocycles. The Bertz CT molecular complexity index is 542. The van der Waals surface area contributed by atoms with Crippen molar-refractivity contribution in [2.24, 2.45) is 5.73 Å². The van der Waals surface area contributed by atoms with Crippen LogP contribution in [0.15, 0.2) is 42.6 Å². The first-order valence-electron chi connectivity index (χ1n) is 6.37. The van der Waals surface area contributed by atoms with Gasteiger partial charge in [-0.3, -0.25) is 0 Å². The minimum Gasteiger partial charge on any atom is -0.330 e. The van der Waals surface area contributed by atoms with Gasteiger partial charge in [-0.25, -0.2) is 9.37 Å². The highest BCUT2D eigenvalue weighted by Gasteiger charge is 2.13.